The molecule has 1 saturated heterocycles. The summed E-state index contributed by atoms with van der Waals surface area (Å²) >= 11 is 0. The van der Waals surface area contributed by atoms with Gasteiger partial charge in [0.15, 0.2) is 5.82 Å². The number of anilines is 2. The first-order chi connectivity index (χ1) is 15.7. The van der Waals surface area contributed by atoms with Gasteiger partial charge in [-0.25, -0.2) is 4.98 Å². The molecule has 8 nitrogen and oxygen atoms in total. The number of benzene rings is 1. The predicted molar refractivity (Wildman–Crippen MR) is 126 cm³/mol. The third kappa shape index (κ3) is 4.31. The van der Waals surface area contributed by atoms with E-state index in [9.17, 15) is 5.11 Å². The van der Waals surface area contributed by atoms with E-state index in [0.717, 1.165) is 47.6 Å². The molecule has 1 fully saturated rings. The number of hydrogen-bond acceptors (Lipinski definition) is 8. The lowest BCUT2D eigenvalue weighted by Crippen LogP contribution is -2.49. The van der Waals surface area contributed by atoms with Crippen LogP contribution in [-0.4, -0.2) is 50.9 Å². The van der Waals surface area contributed by atoms with Crippen molar-refractivity contribution >= 4 is 22.4 Å². The Morgan fingerprint density at radius 1 is 1.09 bits per heavy atom. The Kier molecular flexibility index (Phi) is 5.51. The van der Waals surface area contributed by atoms with Crippen LogP contribution in [0.25, 0.3) is 22.3 Å². The number of piperazine rings is 1. The molecule has 0 radical (unpaired) electrons. The molecule has 1 aliphatic rings. The number of rotatable bonds is 5. The molecule has 3 aromatic heterocycles. The SMILES string of the molecule is CC1CN(c2ccc(-c3ncc(NCc4cnc5ccccc5c4)cc3O)nn2)CCN1. The fourth-order valence-corrected chi connectivity index (χ4v) is 3.93. The maximum absolute atomic E-state index is 10.5. The molecule has 0 amide bonds. The minimum Gasteiger partial charge on any atom is -0.506 e. The number of pyridine rings is 2. The molecule has 1 atom stereocenters. The quantitative estimate of drug-likeness (QED) is 0.447. The van der Waals surface area contributed by atoms with Gasteiger partial charge in [0.25, 0.3) is 0 Å². The van der Waals surface area contributed by atoms with Gasteiger partial charge in [0.1, 0.15) is 17.1 Å². The molecule has 162 valence electrons. The topological polar surface area (TPSA) is 99.1 Å². The summed E-state index contributed by atoms with van der Waals surface area (Å²) in [7, 11) is 0. The Balaban J connectivity index is 1.27. The van der Waals surface area contributed by atoms with Gasteiger partial charge in [-0.2, -0.15) is 0 Å². The number of fused-ring (bicyclic) bond motifs is 1. The zero-order valence-electron chi connectivity index (χ0n) is 17.9. The van der Waals surface area contributed by atoms with Crippen LogP contribution >= 0.6 is 0 Å². The average molecular weight is 428 g/mol. The number of hydrogen-bond donors (Lipinski definition) is 3. The molecule has 1 aliphatic heterocycles. The molecule has 32 heavy (non-hydrogen) atoms. The summed E-state index contributed by atoms with van der Waals surface area (Å²) in [5.74, 6) is 0.897. The third-order valence-corrected chi connectivity index (χ3v) is 5.60. The van der Waals surface area contributed by atoms with E-state index in [1.54, 1.807) is 12.3 Å². The minimum atomic E-state index is 0.0597. The second kappa shape index (κ2) is 8.76. The molecule has 0 bridgehead atoms. The molecule has 1 aromatic carbocycles. The summed E-state index contributed by atoms with van der Waals surface area (Å²) in [4.78, 5) is 11.1. The summed E-state index contributed by atoms with van der Waals surface area (Å²) in [5, 5.41) is 27.0. The van der Waals surface area contributed by atoms with Gasteiger partial charge < -0.3 is 20.6 Å². The molecule has 1 unspecified atom stereocenters. The molecule has 0 saturated carbocycles. The van der Waals surface area contributed by atoms with E-state index in [1.165, 1.54) is 0 Å². The van der Waals surface area contributed by atoms with Crippen LogP contribution in [0.1, 0.15) is 12.5 Å². The lowest BCUT2D eigenvalue weighted by atomic mass is 10.1. The van der Waals surface area contributed by atoms with Crippen molar-refractivity contribution < 1.29 is 5.11 Å². The number of para-hydroxylation sites is 1. The van der Waals surface area contributed by atoms with Gasteiger partial charge in [-0.3, -0.25) is 4.98 Å². The van der Waals surface area contributed by atoms with Crippen molar-refractivity contribution in [3.05, 3.63) is 66.5 Å². The molecule has 4 heterocycles. The van der Waals surface area contributed by atoms with Gasteiger partial charge in [0.05, 0.1) is 17.4 Å². The highest BCUT2D eigenvalue weighted by molar-refractivity contribution is 5.78. The summed E-state index contributed by atoms with van der Waals surface area (Å²) in [6, 6.07) is 16.0. The second-order valence-corrected chi connectivity index (χ2v) is 8.06. The number of nitrogens with one attached hydrogen (secondary N) is 2. The first-order valence-electron chi connectivity index (χ1n) is 10.7. The van der Waals surface area contributed by atoms with Crippen molar-refractivity contribution in [3.63, 3.8) is 0 Å². The van der Waals surface area contributed by atoms with Gasteiger partial charge in [-0.05, 0) is 36.8 Å². The Morgan fingerprint density at radius 2 is 2.00 bits per heavy atom. The predicted octanol–water partition coefficient (Wildman–Crippen LogP) is 3.20. The molecule has 0 aliphatic carbocycles. The smallest absolute Gasteiger partial charge is 0.151 e. The van der Waals surface area contributed by atoms with E-state index >= 15 is 0 Å². The fraction of sp³-hybridized carbons (Fsp3) is 0.250. The van der Waals surface area contributed by atoms with E-state index in [2.05, 4.69) is 48.7 Å². The van der Waals surface area contributed by atoms with Crippen LogP contribution in [0.5, 0.6) is 5.75 Å². The Labute approximate surface area is 186 Å². The first-order valence-corrected chi connectivity index (χ1v) is 10.7. The first kappa shape index (κ1) is 20.1. The van der Waals surface area contributed by atoms with Crippen LogP contribution in [0.3, 0.4) is 0 Å². The van der Waals surface area contributed by atoms with Crippen LogP contribution in [0, 0.1) is 0 Å². The monoisotopic (exact) mass is 427 g/mol. The zero-order valence-corrected chi connectivity index (χ0v) is 17.9. The van der Waals surface area contributed by atoms with Crippen molar-refractivity contribution in [1.29, 1.82) is 0 Å². The van der Waals surface area contributed by atoms with Crippen molar-refractivity contribution in [3.8, 4) is 17.1 Å². The Morgan fingerprint density at radius 3 is 2.81 bits per heavy atom. The fourth-order valence-electron chi connectivity index (χ4n) is 3.93. The molecule has 8 heteroatoms. The summed E-state index contributed by atoms with van der Waals surface area (Å²) in [5.41, 5.74) is 3.70. The van der Waals surface area contributed by atoms with E-state index in [0.29, 0.717) is 24.0 Å². The summed E-state index contributed by atoms with van der Waals surface area (Å²) in [6.07, 6.45) is 3.55. The maximum Gasteiger partial charge on any atom is 0.151 e. The van der Waals surface area contributed by atoms with E-state index < -0.39 is 0 Å². The largest absolute Gasteiger partial charge is 0.506 e. The van der Waals surface area contributed by atoms with Crippen LogP contribution in [-0.2, 0) is 6.54 Å². The van der Waals surface area contributed by atoms with Crippen molar-refractivity contribution in [1.82, 2.24) is 25.5 Å². The van der Waals surface area contributed by atoms with E-state index in [-0.39, 0.29) is 5.75 Å². The molecule has 5 rings (SSSR count). The van der Waals surface area contributed by atoms with E-state index in [4.69, 9.17) is 0 Å². The van der Waals surface area contributed by atoms with Gasteiger partial charge in [0.2, 0.25) is 0 Å². The molecule has 0 spiro atoms. The van der Waals surface area contributed by atoms with Crippen molar-refractivity contribution in [2.75, 3.05) is 29.9 Å². The lowest BCUT2D eigenvalue weighted by Gasteiger charge is -2.32. The third-order valence-electron chi connectivity index (χ3n) is 5.60. The van der Waals surface area contributed by atoms with Gasteiger partial charge in [0, 0.05) is 49.9 Å². The second-order valence-electron chi connectivity index (χ2n) is 8.06. The maximum atomic E-state index is 10.5. The van der Waals surface area contributed by atoms with Crippen LogP contribution in [0.2, 0.25) is 0 Å². The highest BCUT2D eigenvalue weighted by Crippen LogP contribution is 2.28. The van der Waals surface area contributed by atoms with Crippen molar-refractivity contribution in [2.24, 2.45) is 0 Å². The number of aromatic nitrogens is 4. The highest BCUT2D eigenvalue weighted by Gasteiger charge is 2.18. The van der Waals surface area contributed by atoms with Gasteiger partial charge >= 0.3 is 0 Å². The summed E-state index contributed by atoms with van der Waals surface area (Å²) in [6.45, 7) is 5.45. The van der Waals surface area contributed by atoms with Gasteiger partial charge in [-0.15, -0.1) is 10.2 Å². The Bertz CT molecular complexity index is 1230. The molecule has 4 aromatic rings. The van der Waals surface area contributed by atoms with E-state index in [1.807, 2.05) is 42.6 Å². The van der Waals surface area contributed by atoms with Crippen LogP contribution in [0.4, 0.5) is 11.5 Å². The van der Waals surface area contributed by atoms with Gasteiger partial charge in [-0.1, -0.05) is 18.2 Å². The Hall–Kier alpha value is -3.78. The highest BCUT2D eigenvalue weighted by atomic mass is 16.3. The zero-order chi connectivity index (χ0) is 21.9. The normalized spacial score (nSPS) is 16.3. The number of nitrogens with zero attached hydrogens (tertiary/aromatic N) is 5. The molecule has 3 N–H and O–H groups in total. The minimum absolute atomic E-state index is 0.0597. The number of aromatic hydroxyl groups is 1. The average Bonchev–Trinajstić information content (AvgIpc) is 2.83. The van der Waals surface area contributed by atoms with Crippen LogP contribution < -0.4 is 15.5 Å². The lowest BCUT2D eigenvalue weighted by molar-refractivity contribution is 0.475. The molecular weight excluding hydrogens is 402 g/mol. The summed E-state index contributed by atoms with van der Waals surface area (Å²) < 4.78 is 0. The van der Waals surface area contributed by atoms with Crippen molar-refractivity contribution in [2.45, 2.75) is 19.5 Å². The molecular formula is C24H25N7O. The standard InChI is InChI=1S/C24H25N7O/c1-16-15-31(9-8-25-16)23-7-6-21(29-30-23)24-22(32)11-19(14-28-24)26-12-17-10-18-4-2-3-5-20(18)27-13-17/h2-7,10-11,13-14,16,25-26,32H,8-9,12,15H2,1H3. The van der Waals surface area contributed by atoms with Crippen LogP contribution in [0.15, 0.2) is 60.9 Å².